The van der Waals surface area contributed by atoms with E-state index in [9.17, 15) is 4.79 Å². The predicted octanol–water partition coefficient (Wildman–Crippen LogP) is 6.70. The van der Waals surface area contributed by atoms with E-state index in [0.717, 1.165) is 47.0 Å². The molecule has 1 heterocycles. The standard InChI is InChI=1S/C25H30ClNO3/c1-6-7-8-15-29-24(28)25(3,4)30-20-13-14-22-21(16-20)23(17(2)27(22)5)18-9-11-19(26)12-10-18/h9-14,16H,6-8,15H2,1-5H3. The van der Waals surface area contributed by atoms with E-state index >= 15 is 0 Å². The summed E-state index contributed by atoms with van der Waals surface area (Å²) in [6.45, 7) is 8.14. The number of carbonyl (C=O) groups excluding carboxylic acids is 1. The van der Waals surface area contributed by atoms with Gasteiger partial charge in [-0.05, 0) is 63.1 Å². The lowest BCUT2D eigenvalue weighted by Crippen LogP contribution is -2.39. The van der Waals surface area contributed by atoms with E-state index in [1.54, 1.807) is 13.8 Å². The Morgan fingerprint density at radius 3 is 2.47 bits per heavy atom. The van der Waals surface area contributed by atoms with Gasteiger partial charge < -0.3 is 14.0 Å². The van der Waals surface area contributed by atoms with Gasteiger partial charge in [-0.3, -0.25) is 0 Å². The third-order valence-corrected chi connectivity index (χ3v) is 5.69. The lowest BCUT2D eigenvalue weighted by molar-refractivity contribution is -0.159. The number of hydrogen-bond donors (Lipinski definition) is 0. The second kappa shape index (κ2) is 9.13. The van der Waals surface area contributed by atoms with Crippen molar-refractivity contribution in [2.75, 3.05) is 6.61 Å². The van der Waals surface area contributed by atoms with E-state index in [1.165, 1.54) is 0 Å². The van der Waals surface area contributed by atoms with Gasteiger partial charge in [-0.25, -0.2) is 4.79 Å². The molecular formula is C25H30ClNO3. The number of benzene rings is 2. The van der Waals surface area contributed by atoms with Crippen LogP contribution in [0.4, 0.5) is 0 Å². The summed E-state index contributed by atoms with van der Waals surface area (Å²) in [5, 5.41) is 1.78. The molecule has 4 nitrogen and oxygen atoms in total. The highest BCUT2D eigenvalue weighted by molar-refractivity contribution is 6.30. The summed E-state index contributed by atoms with van der Waals surface area (Å²) in [6, 6.07) is 13.8. The largest absolute Gasteiger partial charge is 0.476 e. The fourth-order valence-electron chi connectivity index (χ4n) is 3.62. The highest BCUT2D eigenvalue weighted by atomic mass is 35.5. The van der Waals surface area contributed by atoms with Crippen LogP contribution in [0.1, 0.15) is 45.7 Å². The average molecular weight is 428 g/mol. The lowest BCUT2D eigenvalue weighted by atomic mass is 10.0. The maximum atomic E-state index is 12.5. The number of nitrogens with zero attached hydrogens (tertiary/aromatic N) is 1. The topological polar surface area (TPSA) is 40.5 Å². The molecule has 0 saturated carbocycles. The van der Waals surface area contributed by atoms with Crippen molar-refractivity contribution in [2.45, 2.75) is 52.6 Å². The molecule has 30 heavy (non-hydrogen) atoms. The Labute approximate surface area is 183 Å². The molecule has 0 atom stereocenters. The van der Waals surface area contributed by atoms with Gasteiger partial charge in [-0.2, -0.15) is 0 Å². The first kappa shape index (κ1) is 22.2. The third-order valence-electron chi connectivity index (χ3n) is 5.44. The van der Waals surface area contributed by atoms with E-state index in [0.29, 0.717) is 17.4 Å². The number of carbonyl (C=O) groups is 1. The Morgan fingerprint density at radius 1 is 1.10 bits per heavy atom. The Morgan fingerprint density at radius 2 is 1.80 bits per heavy atom. The number of rotatable bonds is 8. The number of hydrogen-bond acceptors (Lipinski definition) is 3. The Balaban J connectivity index is 1.90. The van der Waals surface area contributed by atoms with Crippen molar-refractivity contribution >= 4 is 28.5 Å². The molecule has 1 aromatic heterocycles. The van der Waals surface area contributed by atoms with Crippen LogP contribution in [-0.2, 0) is 16.6 Å². The third kappa shape index (κ3) is 4.65. The first-order valence-corrected chi connectivity index (χ1v) is 10.8. The molecule has 0 N–H and O–H groups in total. The molecule has 0 aliphatic heterocycles. The minimum absolute atomic E-state index is 0.346. The molecule has 0 aliphatic carbocycles. The van der Waals surface area contributed by atoms with E-state index < -0.39 is 5.60 Å². The molecule has 5 heteroatoms. The van der Waals surface area contributed by atoms with Crippen LogP contribution in [-0.4, -0.2) is 22.7 Å². The van der Waals surface area contributed by atoms with Crippen LogP contribution in [0.25, 0.3) is 22.0 Å². The average Bonchev–Trinajstić information content (AvgIpc) is 2.95. The predicted molar refractivity (Wildman–Crippen MR) is 123 cm³/mol. The fourth-order valence-corrected chi connectivity index (χ4v) is 3.75. The first-order chi connectivity index (χ1) is 14.2. The normalized spacial score (nSPS) is 11.7. The van der Waals surface area contributed by atoms with Crippen molar-refractivity contribution in [2.24, 2.45) is 7.05 Å². The summed E-state index contributed by atoms with van der Waals surface area (Å²) in [6.07, 6.45) is 3.01. The summed E-state index contributed by atoms with van der Waals surface area (Å²) >= 11 is 6.07. The quantitative estimate of drug-likeness (QED) is 0.296. The van der Waals surface area contributed by atoms with Crippen LogP contribution in [0.3, 0.4) is 0 Å². The molecule has 0 amide bonds. The zero-order chi connectivity index (χ0) is 21.9. The number of esters is 1. The van der Waals surface area contributed by atoms with E-state index in [-0.39, 0.29) is 5.97 Å². The SMILES string of the molecule is CCCCCOC(=O)C(C)(C)Oc1ccc2c(c1)c(-c1ccc(Cl)cc1)c(C)n2C. The van der Waals surface area contributed by atoms with Crippen molar-refractivity contribution in [3.05, 3.63) is 53.2 Å². The van der Waals surface area contributed by atoms with Gasteiger partial charge in [0.1, 0.15) is 5.75 Å². The molecule has 2 aromatic carbocycles. The minimum Gasteiger partial charge on any atom is -0.476 e. The molecule has 3 rings (SSSR count). The maximum absolute atomic E-state index is 12.5. The van der Waals surface area contributed by atoms with Gasteiger partial charge in [0.05, 0.1) is 6.61 Å². The van der Waals surface area contributed by atoms with Gasteiger partial charge in [0.25, 0.3) is 0 Å². The lowest BCUT2D eigenvalue weighted by Gasteiger charge is -2.24. The number of fused-ring (bicyclic) bond motifs is 1. The smallest absolute Gasteiger partial charge is 0.349 e. The monoisotopic (exact) mass is 427 g/mol. The Hall–Kier alpha value is -2.46. The zero-order valence-corrected chi connectivity index (χ0v) is 19.2. The number of aromatic nitrogens is 1. The van der Waals surface area contributed by atoms with Crippen molar-refractivity contribution < 1.29 is 14.3 Å². The molecule has 0 saturated heterocycles. The molecule has 0 radical (unpaired) electrons. The highest BCUT2D eigenvalue weighted by Crippen LogP contribution is 2.37. The van der Waals surface area contributed by atoms with Gasteiger partial charge >= 0.3 is 5.97 Å². The van der Waals surface area contributed by atoms with Gasteiger partial charge in [0, 0.05) is 34.2 Å². The van der Waals surface area contributed by atoms with E-state index in [2.05, 4.69) is 25.5 Å². The van der Waals surface area contributed by atoms with Crippen LogP contribution < -0.4 is 4.74 Å². The Bertz CT molecular complexity index is 1030. The van der Waals surface area contributed by atoms with Crippen LogP contribution in [0.2, 0.25) is 5.02 Å². The van der Waals surface area contributed by atoms with Gasteiger partial charge in [-0.1, -0.05) is 43.5 Å². The van der Waals surface area contributed by atoms with E-state index in [1.807, 2.05) is 42.5 Å². The number of aryl methyl sites for hydroxylation is 1. The number of ether oxygens (including phenoxy) is 2. The molecule has 0 unspecified atom stereocenters. The summed E-state index contributed by atoms with van der Waals surface area (Å²) in [7, 11) is 2.05. The van der Waals surface area contributed by atoms with Crippen LogP contribution in [0, 0.1) is 6.92 Å². The fraction of sp³-hybridized carbons (Fsp3) is 0.400. The molecule has 160 valence electrons. The van der Waals surface area contributed by atoms with Gasteiger partial charge in [0.15, 0.2) is 5.60 Å². The van der Waals surface area contributed by atoms with Crippen molar-refractivity contribution in [3.8, 4) is 16.9 Å². The molecule has 0 aliphatic rings. The summed E-state index contributed by atoms with van der Waals surface area (Å²) < 4.78 is 13.7. The molecule has 3 aromatic rings. The molecule has 0 bridgehead atoms. The second-order valence-corrected chi connectivity index (χ2v) is 8.60. The first-order valence-electron chi connectivity index (χ1n) is 10.5. The summed E-state index contributed by atoms with van der Waals surface area (Å²) in [5.41, 5.74) is 3.41. The summed E-state index contributed by atoms with van der Waals surface area (Å²) in [5.74, 6) is 0.291. The summed E-state index contributed by atoms with van der Waals surface area (Å²) in [4.78, 5) is 12.5. The molecular weight excluding hydrogens is 398 g/mol. The number of unbranched alkanes of at least 4 members (excludes halogenated alkanes) is 2. The highest BCUT2D eigenvalue weighted by Gasteiger charge is 2.32. The maximum Gasteiger partial charge on any atom is 0.349 e. The van der Waals surface area contributed by atoms with Crippen molar-refractivity contribution in [1.29, 1.82) is 0 Å². The van der Waals surface area contributed by atoms with Crippen molar-refractivity contribution in [3.63, 3.8) is 0 Å². The molecule has 0 spiro atoms. The Kier molecular flexibility index (Phi) is 6.77. The minimum atomic E-state index is -1.07. The van der Waals surface area contributed by atoms with Crippen LogP contribution in [0.5, 0.6) is 5.75 Å². The number of halogens is 1. The van der Waals surface area contributed by atoms with Crippen molar-refractivity contribution in [1.82, 2.24) is 4.57 Å². The van der Waals surface area contributed by atoms with E-state index in [4.69, 9.17) is 21.1 Å². The van der Waals surface area contributed by atoms with Crippen LogP contribution >= 0.6 is 11.6 Å². The van der Waals surface area contributed by atoms with Crippen LogP contribution in [0.15, 0.2) is 42.5 Å². The zero-order valence-electron chi connectivity index (χ0n) is 18.4. The second-order valence-electron chi connectivity index (χ2n) is 8.16. The van der Waals surface area contributed by atoms with Gasteiger partial charge in [-0.15, -0.1) is 0 Å². The van der Waals surface area contributed by atoms with Gasteiger partial charge in [0.2, 0.25) is 0 Å². The molecule has 0 fully saturated rings.